The van der Waals surface area contributed by atoms with Crippen molar-refractivity contribution in [3.63, 3.8) is 0 Å². The van der Waals surface area contributed by atoms with Gasteiger partial charge in [0.15, 0.2) is 11.2 Å². The Morgan fingerprint density at radius 1 is 1.03 bits per heavy atom. The molecule has 168 valence electrons. The van der Waals surface area contributed by atoms with E-state index in [0.717, 1.165) is 19.3 Å². The molecule has 2 aromatic carbocycles. The fourth-order valence-corrected chi connectivity index (χ4v) is 3.96. The Morgan fingerprint density at radius 3 is 2.67 bits per heavy atom. The number of nitrogens with zero attached hydrogens (tertiary/aromatic N) is 3. The van der Waals surface area contributed by atoms with Gasteiger partial charge in [0.05, 0.1) is 5.52 Å². The summed E-state index contributed by atoms with van der Waals surface area (Å²) < 4.78 is 12.1. The van der Waals surface area contributed by atoms with Gasteiger partial charge in [-0.1, -0.05) is 12.1 Å². The van der Waals surface area contributed by atoms with Crippen molar-refractivity contribution < 1.29 is 18.4 Å². The van der Waals surface area contributed by atoms with Crippen LogP contribution in [0.3, 0.4) is 0 Å². The average molecular weight is 446 g/mol. The Morgan fingerprint density at radius 2 is 1.85 bits per heavy atom. The number of oxazole rings is 2. The number of para-hydroxylation sites is 2. The third kappa shape index (κ3) is 4.43. The normalized spacial score (nSPS) is 14.4. The molecule has 0 spiro atoms. The SMILES string of the molecule is O=C(/C=C\c1nc2ccccc2o1)Nc1ccc2oc(=O)n(CC(=O)N3CCCCC3)c2c1. The van der Waals surface area contributed by atoms with Crippen LogP contribution in [0.25, 0.3) is 28.3 Å². The summed E-state index contributed by atoms with van der Waals surface area (Å²) in [5.74, 6) is -0.787. The molecule has 4 aromatic rings. The Balaban J connectivity index is 1.32. The summed E-state index contributed by atoms with van der Waals surface area (Å²) in [5.41, 5.74) is 2.62. The highest BCUT2D eigenvalue weighted by Gasteiger charge is 2.20. The predicted octanol–water partition coefficient (Wildman–Crippen LogP) is 3.40. The Bertz CT molecular complexity index is 1390. The van der Waals surface area contributed by atoms with Gasteiger partial charge in [-0.25, -0.2) is 9.78 Å². The van der Waals surface area contributed by atoms with E-state index in [-0.39, 0.29) is 12.5 Å². The smallest absolute Gasteiger partial charge is 0.420 e. The summed E-state index contributed by atoms with van der Waals surface area (Å²) in [6.45, 7) is 1.31. The van der Waals surface area contributed by atoms with Crippen molar-refractivity contribution >= 4 is 45.8 Å². The van der Waals surface area contributed by atoms with Crippen LogP contribution in [0, 0.1) is 0 Å². The first kappa shape index (κ1) is 20.7. The second-order valence-corrected chi connectivity index (χ2v) is 7.92. The van der Waals surface area contributed by atoms with E-state index in [2.05, 4.69) is 10.3 Å². The molecule has 0 bridgehead atoms. The molecule has 1 aliphatic heterocycles. The maximum absolute atomic E-state index is 12.6. The van der Waals surface area contributed by atoms with Gasteiger partial charge in [-0.3, -0.25) is 14.2 Å². The molecule has 0 saturated carbocycles. The number of likely N-dealkylation sites (tertiary alicyclic amines) is 1. The molecule has 5 rings (SSSR count). The average Bonchev–Trinajstić information content (AvgIpc) is 3.38. The maximum Gasteiger partial charge on any atom is 0.420 e. The second kappa shape index (κ2) is 8.78. The molecule has 0 radical (unpaired) electrons. The number of benzene rings is 2. The first-order chi connectivity index (χ1) is 16.1. The van der Waals surface area contributed by atoms with Crippen LogP contribution in [-0.4, -0.2) is 39.4 Å². The number of anilines is 1. The summed E-state index contributed by atoms with van der Waals surface area (Å²) >= 11 is 0. The number of hydrogen-bond donors (Lipinski definition) is 1. The largest absolute Gasteiger partial charge is 0.437 e. The molecule has 0 unspecified atom stereocenters. The first-order valence-electron chi connectivity index (χ1n) is 10.8. The molecule has 3 heterocycles. The van der Waals surface area contributed by atoms with Gasteiger partial charge in [0.25, 0.3) is 0 Å². The minimum atomic E-state index is -0.602. The van der Waals surface area contributed by atoms with Gasteiger partial charge in [-0.2, -0.15) is 0 Å². The van der Waals surface area contributed by atoms with Crippen LogP contribution in [-0.2, 0) is 16.1 Å². The zero-order valence-electron chi connectivity index (χ0n) is 17.8. The van der Waals surface area contributed by atoms with E-state index in [1.165, 1.54) is 16.7 Å². The summed E-state index contributed by atoms with van der Waals surface area (Å²) in [4.78, 5) is 43.4. The number of amides is 2. The van der Waals surface area contributed by atoms with Crippen molar-refractivity contribution in [3.05, 3.63) is 65.0 Å². The summed E-state index contributed by atoms with van der Waals surface area (Å²) in [7, 11) is 0. The third-order valence-corrected chi connectivity index (χ3v) is 5.62. The Kier molecular flexibility index (Phi) is 5.52. The van der Waals surface area contributed by atoms with Crippen molar-refractivity contribution in [1.82, 2.24) is 14.5 Å². The lowest BCUT2D eigenvalue weighted by atomic mass is 10.1. The van der Waals surface area contributed by atoms with E-state index in [0.29, 0.717) is 46.9 Å². The van der Waals surface area contributed by atoms with Crippen LogP contribution < -0.4 is 11.1 Å². The molecule has 2 aromatic heterocycles. The van der Waals surface area contributed by atoms with Crippen molar-refractivity contribution in [3.8, 4) is 0 Å². The zero-order valence-corrected chi connectivity index (χ0v) is 17.8. The van der Waals surface area contributed by atoms with Crippen molar-refractivity contribution in [1.29, 1.82) is 0 Å². The van der Waals surface area contributed by atoms with E-state index < -0.39 is 11.7 Å². The number of fused-ring (bicyclic) bond motifs is 2. The predicted molar refractivity (Wildman–Crippen MR) is 123 cm³/mol. The minimum Gasteiger partial charge on any atom is -0.437 e. The number of nitrogens with one attached hydrogen (secondary N) is 1. The molecule has 1 saturated heterocycles. The molecule has 0 atom stereocenters. The fourth-order valence-electron chi connectivity index (χ4n) is 3.96. The minimum absolute atomic E-state index is 0.0964. The lowest BCUT2D eigenvalue weighted by molar-refractivity contribution is -0.132. The van der Waals surface area contributed by atoms with Crippen LogP contribution in [0.1, 0.15) is 25.2 Å². The molecular formula is C24H22N4O5. The monoisotopic (exact) mass is 446 g/mol. The number of piperidine rings is 1. The molecule has 9 nitrogen and oxygen atoms in total. The number of carbonyl (C=O) groups is 2. The van der Waals surface area contributed by atoms with Crippen LogP contribution in [0.15, 0.2) is 62.2 Å². The van der Waals surface area contributed by atoms with Gasteiger partial charge < -0.3 is 19.1 Å². The van der Waals surface area contributed by atoms with E-state index >= 15 is 0 Å². The standard InChI is InChI=1S/C24H22N4O5/c29-21(10-11-22-26-17-6-2-3-7-19(17)32-22)25-16-8-9-20-18(14-16)28(24(31)33-20)15-23(30)27-12-4-1-5-13-27/h2-3,6-11,14H,1,4-5,12-13,15H2,(H,25,29)/b11-10-. The topological polar surface area (TPSA) is 111 Å². The number of carbonyl (C=O) groups excluding carboxylic acids is 2. The molecular weight excluding hydrogens is 424 g/mol. The van der Waals surface area contributed by atoms with Gasteiger partial charge in [-0.15, -0.1) is 0 Å². The van der Waals surface area contributed by atoms with Crippen LogP contribution in [0.4, 0.5) is 5.69 Å². The van der Waals surface area contributed by atoms with Gasteiger partial charge in [-0.05, 0) is 49.6 Å². The molecule has 1 fully saturated rings. The van der Waals surface area contributed by atoms with Gasteiger partial charge in [0.1, 0.15) is 12.1 Å². The third-order valence-electron chi connectivity index (χ3n) is 5.62. The Hall–Kier alpha value is -4.14. The van der Waals surface area contributed by atoms with Crippen molar-refractivity contribution in [2.45, 2.75) is 25.8 Å². The molecule has 9 heteroatoms. The second-order valence-electron chi connectivity index (χ2n) is 7.92. The van der Waals surface area contributed by atoms with E-state index in [9.17, 15) is 14.4 Å². The van der Waals surface area contributed by atoms with E-state index in [1.54, 1.807) is 29.2 Å². The molecule has 2 amide bonds. The number of rotatable bonds is 5. The molecule has 0 aliphatic carbocycles. The number of hydrogen-bond acceptors (Lipinski definition) is 6. The van der Waals surface area contributed by atoms with Gasteiger partial charge in [0.2, 0.25) is 17.7 Å². The highest BCUT2D eigenvalue weighted by Crippen LogP contribution is 2.20. The first-order valence-corrected chi connectivity index (χ1v) is 10.8. The van der Waals surface area contributed by atoms with E-state index in [4.69, 9.17) is 8.83 Å². The fraction of sp³-hybridized carbons (Fsp3) is 0.250. The highest BCUT2D eigenvalue weighted by molar-refractivity contribution is 6.02. The van der Waals surface area contributed by atoms with Gasteiger partial charge in [0, 0.05) is 30.9 Å². The zero-order chi connectivity index (χ0) is 22.8. The van der Waals surface area contributed by atoms with Gasteiger partial charge >= 0.3 is 5.76 Å². The summed E-state index contributed by atoms with van der Waals surface area (Å²) in [6.07, 6.45) is 5.86. The molecule has 1 aliphatic rings. The summed E-state index contributed by atoms with van der Waals surface area (Å²) in [5, 5.41) is 2.74. The lowest BCUT2D eigenvalue weighted by Crippen LogP contribution is -2.39. The number of aromatic nitrogens is 2. The van der Waals surface area contributed by atoms with Crippen molar-refractivity contribution in [2.75, 3.05) is 18.4 Å². The molecule has 33 heavy (non-hydrogen) atoms. The van der Waals surface area contributed by atoms with Crippen LogP contribution >= 0.6 is 0 Å². The van der Waals surface area contributed by atoms with Crippen LogP contribution in [0.2, 0.25) is 0 Å². The maximum atomic E-state index is 12.6. The highest BCUT2D eigenvalue weighted by atomic mass is 16.4. The molecule has 1 N–H and O–H groups in total. The van der Waals surface area contributed by atoms with E-state index in [1.807, 2.05) is 18.2 Å². The van der Waals surface area contributed by atoms with Crippen LogP contribution in [0.5, 0.6) is 0 Å². The quantitative estimate of drug-likeness (QED) is 0.471. The lowest BCUT2D eigenvalue weighted by Gasteiger charge is -2.26. The Labute approximate surface area is 188 Å². The summed E-state index contributed by atoms with van der Waals surface area (Å²) in [6, 6.07) is 12.2. The van der Waals surface area contributed by atoms with Crippen molar-refractivity contribution in [2.24, 2.45) is 0 Å².